The number of aromatic nitrogens is 1. The van der Waals surface area contributed by atoms with Crippen LogP contribution in [0.15, 0.2) is 16.7 Å². The van der Waals surface area contributed by atoms with E-state index >= 15 is 0 Å². The van der Waals surface area contributed by atoms with Gasteiger partial charge >= 0.3 is 5.97 Å². The van der Waals surface area contributed by atoms with E-state index in [1.165, 1.54) is 0 Å². The Morgan fingerprint density at radius 1 is 1.42 bits per heavy atom. The first-order valence-corrected chi connectivity index (χ1v) is 6.94. The lowest BCUT2D eigenvalue weighted by molar-refractivity contribution is -0.145. The molecule has 5 nitrogen and oxygen atoms in total. The quantitative estimate of drug-likeness (QED) is 0.894. The van der Waals surface area contributed by atoms with Crippen LogP contribution in [0.25, 0.3) is 0 Å². The van der Waals surface area contributed by atoms with Crippen molar-refractivity contribution >= 4 is 33.6 Å². The predicted octanol–water partition coefficient (Wildman–Crippen LogP) is 2.59. The minimum absolute atomic E-state index is 0.251. The normalized spacial score (nSPS) is 22.2. The molecule has 0 saturated heterocycles. The standard InChI is InChI=1S/C13H15BrN2O3/c1-7-5-11(15-6-10(7)14)16-12(17)8-3-2-4-9(8)13(18)19/h5-6,8-9H,2-4H2,1H3,(H,18,19)(H,15,16,17)/t8-,9+/m1/s1. The third-order valence-electron chi connectivity index (χ3n) is 3.47. The van der Waals surface area contributed by atoms with Gasteiger partial charge in [-0.3, -0.25) is 9.59 Å². The molecule has 0 spiro atoms. The number of carboxylic acids is 1. The molecular weight excluding hydrogens is 312 g/mol. The zero-order valence-electron chi connectivity index (χ0n) is 10.5. The van der Waals surface area contributed by atoms with Gasteiger partial charge in [0.25, 0.3) is 0 Å². The Bertz CT molecular complexity index is 519. The van der Waals surface area contributed by atoms with Gasteiger partial charge in [0.2, 0.25) is 5.91 Å². The number of halogens is 1. The first-order valence-electron chi connectivity index (χ1n) is 6.15. The summed E-state index contributed by atoms with van der Waals surface area (Å²) in [7, 11) is 0. The van der Waals surface area contributed by atoms with Crippen LogP contribution in [0, 0.1) is 18.8 Å². The van der Waals surface area contributed by atoms with Crippen molar-refractivity contribution in [3.05, 3.63) is 22.3 Å². The van der Waals surface area contributed by atoms with Crippen LogP contribution in [0.1, 0.15) is 24.8 Å². The van der Waals surface area contributed by atoms with E-state index in [9.17, 15) is 9.59 Å². The average molecular weight is 327 g/mol. The number of carbonyl (C=O) groups excluding carboxylic acids is 1. The Hall–Kier alpha value is -1.43. The molecule has 0 radical (unpaired) electrons. The number of hydrogen-bond acceptors (Lipinski definition) is 3. The molecule has 1 aliphatic carbocycles. The number of carboxylic acid groups (broad SMARTS) is 1. The van der Waals surface area contributed by atoms with Gasteiger partial charge in [-0.25, -0.2) is 4.98 Å². The zero-order valence-corrected chi connectivity index (χ0v) is 12.1. The lowest BCUT2D eigenvalue weighted by atomic mass is 9.95. The molecular formula is C13H15BrN2O3. The molecule has 1 saturated carbocycles. The lowest BCUT2D eigenvalue weighted by Gasteiger charge is -2.15. The SMILES string of the molecule is Cc1cc(NC(=O)[C@@H]2CCC[C@@H]2C(=O)O)ncc1Br. The maximum absolute atomic E-state index is 12.1. The van der Waals surface area contributed by atoms with E-state index < -0.39 is 17.8 Å². The second kappa shape index (κ2) is 5.69. The van der Waals surface area contributed by atoms with Gasteiger partial charge in [-0.1, -0.05) is 6.42 Å². The monoisotopic (exact) mass is 326 g/mol. The van der Waals surface area contributed by atoms with Crippen LogP contribution in [0.4, 0.5) is 5.82 Å². The molecule has 0 aliphatic heterocycles. The first kappa shape index (κ1) is 14.0. The Morgan fingerprint density at radius 3 is 2.74 bits per heavy atom. The summed E-state index contributed by atoms with van der Waals surface area (Å²) in [5.41, 5.74) is 0.964. The molecule has 1 aliphatic rings. The number of aliphatic carboxylic acids is 1. The minimum atomic E-state index is -0.891. The summed E-state index contributed by atoms with van der Waals surface area (Å²) in [4.78, 5) is 27.3. The minimum Gasteiger partial charge on any atom is -0.481 e. The van der Waals surface area contributed by atoms with Crippen molar-refractivity contribution in [2.75, 3.05) is 5.32 Å². The number of carbonyl (C=O) groups is 2. The molecule has 1 amide bonds. The molecule has 0 bridgehead atoms. The number of amides is 1. The average Bonchev–Trinajstić information content (AvgIpc) is 2.83. The van der Waals surface area contributed by atoms with Crippen LogP contribution >= 0.6 is 15.9 Å². The van der Waals surface area contributed by atoms with E-state index in [2.05, 4.69) is 26.2 Å². The van der Waals surface area contributed by atoms with E-state index in [0.717, 1.165) is 16.5 Å². The highest BCUT2D eigenvalue weighted by molar-refractivity contribution is 9.10. The zero-order chi connectivity index (χ0) is 14.0. The fourth-order valence-corrected chi connectivity index (χ4v) is 2.61. The molecule has 2 N–H and O–H groups in total. The van der Waals surface area contributed by atoms with Gasteiger partial charge in [-0.15, -0.1) is 0 Å². The van der Waals surface area contributed by atoms with Crippen LogP contribution in [-0.4, -0.2) is 22.0 Å². The van der Waals surface area contributed by atoms with Gasteiger partial charge in [0.05, 0.1) is 11.8 Å². The van der Waals surface area contributed by atoms with Crippen molar-refractivity contribution in [3.63, 3.8) is 0 Å². The summed E-state index contributed by atoms with van der Waals surface area (Å²) in [6, 6.07) is 1.76. The predicted molar refractivity (Wildman–Crippen MR) is 73.8 cm³/mol. The highest BCUT2D eigenvalue weighted by Crippen LogP contribution is 2.32. The fraction of sp³-hybridized carbons (Fsp3) is 0.462. The Morgan fingerprint density at radius 2 is 2.11 bits per heavy atom. The van der Waals surface area contributed by atoms with Crippen molar-refractivity contribution < 1.29 is 14.7 Å². The number of pyridine rings is 1. The van der Waals surface area contributed by atoms with Crippen molar-refractivity contribution in [2.45, 2.75) is 26.2 Å². The fourth-order valence-electron chi connectivity index (χ4n) is 2.40. The van der Waals surface area contributed by atoms with Gasteiger partial charge in [0.1, 0.15) is 5.82 Å². The van der Waals surface area contributed by atoms with Crippen molar-refractivity contribution in [1.29, 1.82) is 0 Å². The summed E-state index contributed by atoms with van der Waals surface area (Å²) in [5.74, 6) is -1.71. The molecule has 1 aromatic rings. The molecule has 2 rings (SSSR count). The van der Waals surface area contributed by atoms with Crippen molar-refractivity contribution in [3.8, 4) is 0 Å². The summed E-state index contributed by atoms with van der Waals surface area (Å²) in [6.07, 6.45) is 3.59. The van der Waals surface area contributed by atoms with E-state index in [0.29, 0.717) is 18.7 Å². The van der Waals surface area contributed by atoms with Crippen LogP contribution in [0.3, 0.4) is 0 Å². The van der Waals surface area contributed by atoms with Crippen LogP contribution in [-0.2, 0) is 9.59 Å². The lowest BCUT2D eigenvalue weighted by Crippen LogP contribution is -2.30. The number of anilines is 1. The highest BCUT2D eigenvalue weighted by atomic mass is 79.9. The van der Waals surface area contributed by atoms with Crippen molar-refractivity contribution in [1.82, 2.24) is 4.98 Å². The molecule has 0 aromatic carbocycles. The second-order valence-corrected chi connectivity index (χ2v) is 5.64. The molecule has 6 heteroatoms. The Kier molecular flexibility index (Phi) is 4.19. The Labute approximate surface area is 119 Å². The number of nitrogens with zero attached hydrogens (tertiary/aromatic N) is 1. The van der Waals surface area contributed by atoms with Gasteiger partial charge in [0, 0.05) is 10.7 Å². The largest absolute Gasteiger partial charge is 0.481 e. The topological polar surface area (TPSA) is 79.3 Å². The molecule has 19 heavy (non-hydrogen) atoms. The number of nitrogens with one attached hydrogen (secondary N) is 1. The van der Waals surface area contributed by atoms with Crippen LogP contribution in [0.5, 0.6) is 0 Å². The first-order chi connectivity index (χ1) is 8.99. The van der Waals surface area contributed by atoms with Gasteiger partial charge in [0.15, 0.2) is 0 Å². The van der Waals surface area contributed by atoms with Crippen molar-refractivity contribution in [2.24, 2.45) is 11.8 Å². The summed E-state index contributed by atoms with van der Waals surface area (Å²) in [5, 5.41) is 11.8. The molecule has 0 unspecified atom stereocenters. The van der Waals surface area contributed by atoms with E-state index in [1.54, 1.807) is 12.3 Å². The molecule has 1 fully saturated rings. The van der Waals surface area contributed by atoms with E-state index in [-0.39, 0.29) is 5.91 Å². The van der Waals surface area contributed by atoms with Gasteiger partial charge in [-0.2, -0.15) is 0 Å². The molecule has 2 atom stereocenters. The van der Waals surface area contributed by atoms with Gasteiger partial charge < -0.3 is 10.4 Å². The Balaban J connectivity index is 2.08. The highest BCUT2D eigenvalue weighted by Gasteiger charge is 2.37. The summed E-state index contributed by atoms with van der Waals surface area (Å²) >= 11 is 3.34. The van der Waals surface area contributed by atoms with E-state index in [4.69, 9.17) is 5.11 Å². The molecule has 1 heterocycles. The second-order valence-electron chi connectivity index (χ2n) is 4.79. The van der Waals surface area contributed by atoms with Crippen LogP contribution in [0.2, 0.25) is 0 Å². The number of hydrogen-bond donors (Lipinski definition) is 2. The maximum Gasteiger partial charge on any atom is 0.307 e. The number of rotatable bonds is 3. The maximum atomic E-state index is 12.1. The summed E-state index contributed by atoms with van der Waals surface area (Å²) in [6.45, 7) is 1.90. The summed E-state index contributed by atoms with van der Waals surface area (Å²) < 4.78 is 0.870. The third-order valence-corrected chi connectivity index (χ3v) is 4.30. The third kappa shape index (κ3) is 3.12. The molecule has 102 valence electrons. The van der Waals surface area contributed by atoms with Gasteiger partial charge in [-0.05, 0) is 47.3 Å². The molecule has 1 aromatic heterocycles. The van der Waals surface area contributed by atoms with E-state index in [1.807, 2.05) is 6.92 Å². The number of aryl methyl sites for hydroxylation is 1. The smallest absolute Gasteiger partial charge is 0.307 e. The van der Waals surface area contributed by atoms with Crippen LogP contribution < -0.4 is 5.32 Å².